The maximum absolute atomic E-state index is 15.4. The van der Waals surface area contributed by atoms with E-state index in [0.717, 1.165) is 18.4 Å². The Hall–Kier alpha value is -3.95. The fraction of sp³-hybridized carbons (Fsp3) is 0.310. The van der Waals surface area contributed by atoms with Crippen molar-refractivity contribution in [2.75, 3.05) is 13.2 Å². The van der Waals surface area contributed by atoms with Crippen molar-refractivity contribution in [1.82, 2.24) is 15.0 Å². The van der Waals surface area contributed by atoms with Gasteiger partial charge in [0, 0.05) is 42.6 Å². The van der Waals surface area contributed by atoms with Crippen LogP contribution in [0.5, 0.6) is 0 Å². The Bertz CT molecular complexity index is 1360. The van der Waals surface area contributed by atoms with Gasteiger partial charge in [0.1, 0.15) is 0 Å². The van der Waals surface area contributed by atoms with Crippen molar-refractivity contribution in [3.63, 3.8) is 0 Å². The van der Waals surface area contributed by atoms with Crippen LogP contribution < -0.4 is 22.7 Å². The summed E-state index contributed by atoms with van der Waals surface area (Å²) in [5.74, 6) is 4.52. The number of pyridine rings is 1. The minimum atomic E-state index is -0.803. The summed E-state index contributed by atoms with van der Waals surface area (Å²) in [5, 5.41) is 0.627. The summed E-state index contributed by atoms with van der Waals surface area (Å²) < 4.78 is 22.7. The van der Waals surface area contributed by atoms with Gasteiger partial charge in [-0.2, -0.15) is 0 Å². The molecule has 3 heterocycles. The van der Waals surface area contributed by atoms with E-state index >= 15 is 4.39 Å². The number of allylic oxidation sites excluding steroid dienone is 1. The van der Waals surface area contributed by atoms with E-state index in [9.17, 15) is 4.79 Å². The number of fused-ring (bicyclic) bond motifs is 3. The predicted molar refractivity (Wildman–Crippen MR) is 151 cm³/mol. The van der Waals surface area contributed by atoms with Gasteiger partial charge in [-0.15, -0.1) is 0 Å². The van der Waals surface area contributed by atoms with Crippen LogP contribution in [0.2, 0.25) is 0 Å². The number of aromatic nitrogens is 2. The molecular weight excluding hydrogens is 483 g/mol. The summed E-state index contributed by atoms with van der Waals surface area (Å²) in [6, 6.07) is 17.0. The number of rotatable bonds is 5. The number of nitrogens with two attached hydrogens (primary N) is 3. The number of benzene rings is 2. The van der Waals surface area contributed by atoms with Crippen molar-refractivity contribution < 1.29 is 13.9 Å². The monoisotopic (exact) mass is 520 g/mol. The SMILES string of the molecule is C/C(N)=C(/NN)c1cnc2c3ccc(C(N)=O)c(F)c3n(CC3CCOCC3)c2c1.CC.c1ccccc1. The van der Waals surface area contributed by atoms with Gasteiger partial charge in [-0.1, -0.05) is 50.2 Å². The Labute approximate surface area is 222 Å². The third-order valence-corrected chi connectivity index (χ3v) is 6.34. The predicted octanol–water partition coefficient (Wildman–Crippen LogP) is 4.68. The maximum Gasteiger partial charge on any atom is 0.251 e. The van der Waals surface area contributed by atoms with Crippen LogP contribution in [-0.4, -0.2) is 28.7 Å². The molecule has 1 aliphatic heterocycles. The van der Waals surface area contributed by atoms with Gasteiger partial charge in [0.25, 0.3) is 5.91 Å². The van der Waals surface area contributed by atoms with E-state index in [4.69, 9.17) is 22.0 Å². The molecule has 1 saturated heterocycles. The molecule has 4 aromatic rings. The van der Waals surface area contributed by atoms with Gasteiger partial charge in [-0.3, -0.25) is 15.6 Å². The molecule has 8 nitrogen and oxygen atoms in total. The van der Waals surface area contributed by atoms with E-state index in [2.05, 4.69) is 10.4 Å². The Morgan fingerprint density at radius 2 is 1.71 bits per heavy atom. The number of hydrogen-bond acceptors (Lipinski definition) is 6. The topological polar surface area (TPSA) is 134 Å². The molecule has 1 aliphatic rings. The van der Waals surface area contributed by atoms with Gasteiger partial charge in [-0.05, 0) is 43.9 Å². The first-order valence-corrected chi connectivity index (χ1v) is 12.8. The molecule has 0 atom stereocenters. The van der Waals surface area contributed by atoms with Crippen LogP contribution in [0.3, 0.4) is 0 Å². The smallest absolute Gasteiger partial charge is 0.251 e. The molecule has 0 unspecified atom stereocenters. The zero-order valence-corrected chi connectivity index (χ0v) is 22.2. The summed E-state index contributed by atoms with van der Waals surface area (Å²) in [6.07, 6.45) is 3.40. The van der Waals surface area contributed by atoms with E-state index in [-0.39, 0.29) is 5.56 Å². The highest BCUT2D eigenvalue weighted by Gasteiger charge is 2.23. The van der Waals surface area contributed by atoms with Crippen LogP contribution in [0.25, 0.3) is 27.6 Å². The quantitative estimate of drug-likeness (QED) is 0.223. The number of carbonyl (C=O) groups is 1. The Balaban J connectivity index is 0.000000434. The molecule has 38 heavy (non-hydrogen) atoms. The minimum Gasteiger partial charge on any atom is -0.401 e. The molecule has 0 aliphatic carbocycles. The average Bonchev–Trinajstić information content (AvgIpc) is 3.25. The van der Waals surface area contributed by atoms with E-state index in [1.54, 1.807) is 19.2 Å². The summed E-state index contributed by atoms with van der Waals surface area (Å²) in [5.41, 5.74) is 17.2. The number of nitrogens with one attached hydrogen (secondary N) is 1. The molecule has 1 fully saturated rings. The van der Waals surface area contributed by atoms with E-state index in [1.807, 2.05) is 60.9 Å². The van der Waals surface area contributed by atoms with E-state index in [1.165, 1.54) is 6.07 Å². The molecule has 0 saturated carbocycles. The molecule has 0 spiro atoms. The number of hydrogen-bond donors (Lipinski definition) is 4. The van der Waals surface area contributed by atoms with Gasteiger partial charge < -0.3 is 26.2 Å². The lowest BCUT2D eigenvalue weighted by Gasteiger charge is -2.23. The third-order valence-electron chi connectivity index (χ3n) is 6.34. The highest BCUT2D eigenvalue weighted by molar-refractivity contribution is 6.09. The lowest BCUT2D eigenvalue weighted by Crippen LogP contribution is -2.23. The molecule has 202 valence electrons. The average molecular weight is 521 g/mol. The second-order valence-electron chi connectivity index (χ2n) is 8.80. The molecule has 0 bridgehead atoms. The maximum atomic E-state index is 15.4. The Kier molecular flexibility index (Phi) is 10.2. The van der Waals surface area contributed by atoms with Crippen molar-refractivity contribution >= 4 is 33.5 Å². The van der Waals surface area contributed by atoms with E-state index < -0.39 is 11.7 Å². The lowest BCUT2D eigenvalue weighted by molar-refractivity contribution is 0.0619. The summed E-state index contributed by atoms with van der Waals surface area (Å²) >= 11 is 0. The number of nitrogens with zero attached hydrogens (tertiary/aromatic N) is 2. The van der Waals surface area contributed by atoms with Gasteiger partial charge in [0.15, 0.2) is 5.82 Å². The molecular formula is C29H37FN6O2. The second kappa shape index (κ2) is 13.6. The Morgan fingerprint density at radius 3 is 2.24 bits per heavy atom. The fourth-order valence-electron chi connectivity index (χ4n) is 4.52. The van der Waals surface area contributed by atoms with Crippen molar-refractivity contribution in [2.24, 2.45) is 23.2 Å². The van der Waals surface area contributed by atoms with Crippen molar-refractivity contribution in [1.29, 1.82) is 0 Å². The normalized spacial score (nSPS) is 14.1. The van der Waals surface area contributed by atoms with Crippen LogP contribution >= 0.6 is 0 Å². The second-order valence-corrected chi connectivity index (χ2v) is 8.80. The van der Waals surface area contributed by atoms with Gasteiger partial charge in [-0.25, -0.2) is 4.39 Å². The fourth-order valence-corrected chi connectivity index (χ4v) is 4.52. The molecule has 7 N–H and O–H groups in total. The van der Waals surface area contributed by atoms with E-state index in [0.29, 0.717) is 59.1 Å². The van der Waals surface area contributed by atoms with Gasteiger partial charge in [0.2, 0.25) is 0 Å². The van der Waals surface area contributed by atoms with Gasteiger partial charge in [0.05, 0.1) is 27.8 Å². The van der Waals surface area contributed by atoms with Crippen LogP contribution in [0, 0.1) is 11.7 Å². The van der Waals surface area contributed by atoms with Crippen molar-refractivity contribution in [3.8, 4) is 0 Å². The molecule has 2 aromatic heterocycles. The largest absolute Gasteiger partial charge is 0.401 e. The Morgan fingerprint density at radius 1 is 1.11 bits per heavy atom. The first-order chi connectivity index (χ1) is 18.4. The summed E-state index contributed by atoms with van der Waals surface area (Å²) in [6.45, 7) is 7.66. The molecule has 0 radical (unpaired) electrons. The van der Waals surface area contributed by atoms with Crippen LogP contribution in [0.15, 0.2) is 66.5 Å². The third kappa shape index (κ3) is 6.30. The van der Waals surface area contributed by atoms with Crippen LogP contribution in [0.4, 0.5) is 4.39 Å². The summed E-state index contributed by atoms with van der Waals surface area (Å²) in [4.78, 5) is 16.3. The lowest BCUT2D eigenvalue weighted by atomic mass is 10.00. The number of amides is 1. The molecule has 5 rings (SSSR count). The molecule has 9 heteroatoms. The first-order valence-electron chi connectivity index (χ1n) is 12.8. The number of carbonyl (C=O) groups excluding carboxylic acids is 1. The summed E-state index contributed by atoms with van der Waals surface area (Å²) in [7, 11) is 0. The van der Waals surface area contributed by atoms with Crippen molar-refractivity contribution in [3.05, 3.63) is 83.4 Å². The number of ether oxygens (including phenoxy) is 1. The minimum absolute atomic E-state index is 0.138. The first kappa shape index (κ1) is 28.6. The number of hydrazine groups is 1. The van der Waals surface area contributed by atoms with Gasteiger partial charge >= 0.3 is 0 Å². The number of halogens is 1. The standard InChI is InChI=1S/C21H25FN6O2.C6H6.C2H6/c1-11(23)18(27-25)13-8-16-19(26-9-13)15-3-2-14(21(24)29)17(22)20(15)28(16)10-12-4-6-30-7-5-12;1-2-4-6-5-3-1;1-2/h2-3,8-9,12,27H,4-7,10,23,25H2,1H3,(H2,24,29);1-6H;1-2H3/b18-11-;;. The molecule has 2 aromatic carbocycles. The van der Waals surface area contributed by atoms with Crippen LogP contribution in [0.1, 0.15) is 49.5 Å². The highest BCUT2D eigenvalue weighted by atomic mass is 19.1. The zero-order chi connectivity index (χ0) is 27.7. The zero-order valence-electron chi connectivity index (χ0n) is 22.2. The molecule has 1 amide bonds. The number of primary amides is 1. The van der Waals surface area contributed by atoms with Crippen molar-refractivity contribution in [2.45, 2.75) is 40.2 Å². The van der Waals surface area contributed by atoms with Crippen LogP contribution in [-0.2, 0) is 11.3 Å². The highest BCUT2D eigenvalue weighted by Crippen LogP contribution is 2.34.